The number of anilines is 3. The van der Waals surface area contributed by atoms with Crippen molar-refractivity contribution in [2.75, 3.05) is 4.90 Å². The van der Waals surface area contributed by atoms with E-state index in [1.165, 1.54) is 99.0 Å². The zero-order valence-electron chi connectivity index (χ0n) is 35.5. The van der Waals surface area contributed by atoms with Crippen LogP contribution in [0.3, 0.4) is 0 Å². The van der Waals surface area contributed by atoms with Gasteiger partial charge in [-0.05, 0) is 138 Å². The van der Waals surface area contributed by atoms with Crippen LogP contribution in [-0.4, -0.2) is 4.57 Å². The van der Waals surface area contributed by atoms with Gasteiger partial charge in [-0.15, -0.1) is 0 Å². The quantitative estimate of drug-likeness (QED) is 0.168. The Balaban J connectivity index is 1.08. The molecule has 0 amide bonds. The zero-order chi connectivity index (χ0) is 42.6. The van der Waals surface area contributed by atoms with E-state index in [0.29, 0.717) is 0 Å². The van der Waals surface area contributed by atoms with Crippen molar-refractivity contribution in [1.82, 2.24) is 4.57 Å². The number of aromatic nitrogens is 1. The summed E-state index contributed by atoms with van der Waals surface area (Å²) >= 11 is 0. The molecular formula is C63H40N2. The molecule has 2 aliphatic rings. The average Bonchev–Trinajstić information content (AvgIpc) is 3.86. The Morgan fingerprint density at radius 3 is 1.68 bits per heavy atom. The highest BCUT2D eigenvalue weighted by Gasteiger charge is 2.51. The highest BCUT2D eigenvalue weighted by Crippen LogP contribution is 2.64. The Kier molecular flexibility index (Phi) is 7.64. The van der Waals surface area contributed by atoms with Crippen LogP contribution in [0.2, 0.25) is 0 Å². The summed E-state index contributed by atoms with van der Waals surface area (Å²) in [5, 5.41) is 7.54. The highest BCUT2D eigenvalue weighted by atomic mass is 15.1. The van der Waals surface area contributed by atoms with E-state index in [9.17, 15) is 0 Å². The van der Waals surface area contributed by atoms with E-state index in [1.807, 2.05) is 0 Å². The van der Waals surface area contributed by atoms with Crippen LogP contribution in [0.5, 0.6) is 0 Å². The molecule has 0 fully saturated rings. The Bertz CT molecular complexity index is 3890. The highest BCUT2D eigenvalue weighted by molar-refractivity contribution is 6.13. The van der Waals surface area contributed by atoms with Gasteiger partial charge in [0.05, 0.1) is 16.4 Å². The lowest BCUT2D eigenvalue weighted by Crippen LogP contribution is -2.32. The molecule has 1 aromatic heterocycles. The first-order valence-corrected chi connectivity index (χ1v) is 22.6. The van der Waals surface area contributed by atoms with Crippen LogP contribution in [0.4, 0.5) is 17.1 Å². The standard InChI is InChI=1S/C63H40N2/c1-3-20-43(21-4-1)64(45-35-38-60-55(39-45)52-27-11-14-32-59(52)65(60)44-22-5-2-6-23-44)46-34-37-51-49-25-9-12-30-56(49)63(58(51)40-46)57-31-13-10-26-50(57)53-29-16-19-42-33-36-54(62(63)61(42)53)48-28-15-18-41-17-7-8-24-47(41)48/h1-40H. The van der Waals surface area contributed by atoms with Gasteiger partial charge in [0, 0.05) is 33.5 Å². The lowest BCUT2D eigenvalue weighted by Gasteiger charge is -2.42. The van der Waals surface area contributed by atoms with E-state index in [-0.39, 0.29) is 0 Å². The molecule has 1 atom stereocenters. The van der Waals surface area contributed by atoms with Crippen LogP contribution in [0.1, 0.15) is 22.3 Å². The molecule has 0 saturated carbocycles. The van der Waals surface area contributed by atoms with E-state index in [4.69, 9.17) is 0 Å². The molecule has 65 heavy (non-hydrogen) atoms. The maximum atomic E-state index is 2.52. The summed E-state index contributed by atoms with van der Waals surface area (Å²) in [4.78, 5) is 2.46. The second-order valence-corrected chi connectivity index (χ2v) is 17.6. The predicted molar refractivity (Wildman–Crippen MR) is 272 cm³/mol. The van der Waals surface area contributed by atoms with Gasteiger partial charge in [-0.25, -0.2) is 0 Å². The van der Waals surface area contributed by atoms with Gasteiger partial charge in [-0.1, -0.05) is 182 Å². The minimum atomic E-state index is -0.631. The van der Waals surface area contributed by atoms with Crippen molar-refractivity contribution in [3.63, 3.8) is 0 Å². The molecule has 0 radical (unpaired) electrons. The van der Waals surface area contributed by atoms with E-state index >= 15 is 0 Å². The number of benzene rings is 11. The van der Waals surface area contributed by atoms with Gasteiger partial charge in [0.2, 0.25) is 0 Å². The molecule has 2 nitrogen and oxygen atoms in total. The largest absolute Gasteiger partial charge is 0.310 e. The number of hydrogen-bond donors (Lipinski definition) is 0. The molecule has 0 saturated heterocycles. The number of fused-ring (bicyclic) bond motifs is 13. The summed E-state index contributed by atoms with van der Waals surface area (Å²) in [5.41, 5.74) is 19.2. The van der Waals surface area contributed by atoms with E-state index in [0.717, 1.165) is 22.7 Å². The van der Waals surface area contributed by atoms with Crippen LogP contribution in [-0.2, 0) is 5.41 Å². The third kappa shape index (κ3) is 4.99. The van der Waals surface area contributed by atoms with Gasteiger partial charge in [-0.2, -0.15) is 0 Å². The van der Waals surface area contributed by atoms with Crippen molar-refractivity contribution in [2.45, 2.75) is 5.41 Å². The second-order valence-electron chi connectivity index (χ2n) is 17.6. The molecule has 0 bridgehead atoms. The van der Waals surface area contributed by atoms with Gasteiger partial charge < -0.3 is 9.47 Å². The first-order valence-electron chi connectivity index (χ1n) is 22.6. The van der Waals surface area contributed by atoms with Crippen molar-refractivity contribution < 1.29 is 0 Å². The molecule has 11 aromatic carbocycles. The van der Waals surface area contributed by atoms with E-state index in [2.05, 4.69) is 252 Å². The summed E-state index contributed by atoms with van der Waals surface area (Å²) < 4.78 is 2.39. The van der Waals surface area contributed by atoms with Crippen molar-refractivity contribution in [3.05, 3.63) is 265 Å². The summed E-state index contributed by atoms with van der Waals surface area (Å²) in [6, 6.07) is 90.3. The molecule has 1 spiro atoms. The number of para-hydroxylation sites is 3. The second kappa shape index (κ2) is 13.8. The molecule has 2 heteroatoms. The molecular weight excluding hydrogens is 785 g/mol. The summed E-state index contributed by atoms with van der Waals surface area (Å²) in [6.45, 7) is 0. The fourth-order valence-electron chi connectivity index (χ4n) is 11.8. The van der Waals surface area contributed by atoms with Gasteiger partial charge in [0.15, 0.2) is 0 Å². The Labute approximate surface area is 377 Å². The Hall–Kier alpha value is -8.46. The first kappa shape index (κ1) is 36.1. The molecule has 2 aliphatic carbocycles. The van der Waals surface area contributed by atoms with Crippen molar-refractivity contribution in [1.29, 1.82) is 0 Å². The van der Waals surface area contributed by atoms with Gasteiger partial charge in [0.25, 0.3) is 0 Å². The third-order valence-corrected chi connectivity index (χ3v) is 14.4. The fourth-order valence-corrected chi connectivity index (χ4v) is 11.8. The smallest absolute Gasteiger partial charge is 0.0732 e. The topological polar surface area (TPSA) is 8.17 Å². The number of rotatable bonds is 5. The molecule has 1 unspecified atom stereocenters. The molecule has 302 valence electrons. The van der Waals surface area contributed by atoms with Crippen LogP contribution in [0, 0.1) is 0 Å². The Morgan fingerprint density at radius 1 is 0.308 bits per heavy atom. The van der Waals surface area contributed by atoms with Crippen LogP contribution in [0.15, 0.2) is 243 Å². The Morgan fingerprint density at radius 2 is 0.862 bits per heavy atom. The van der Waals surface area contributed by atoms with Gasteiger partial charge in [0.1, 0.15) is 0 Å². The molecule has 14 rings (SSSR count). The minimum Gasteiger partial charge on any atom is -0.310 e. The van der Waals surface area contributed by atoms with Crippen LogP contribution in [0.25, 0.3) is 82.4 Å². The molecule has 0 N–H and O–H groups in total. The lowest BCUT2D eigenvalue weighted by atomic mass is 9.60. The van der Waals surface area contributed by atoms with E-state index < -0.39 is 5.41 Å². The molecule has 0 aliphatic heterocycles. The number of nitrogens with zero attached hydrogens (tertiary/aromatic N) is 2. The SMILES string of the molecule is c1ccc(N(c2ccc3c(c2)C2(c4ccccc4-3)c3ccccc3-c3cccc4ccc(-c5cccc6ccccc56)c2c34)c2ccc3c(c2)c2ccccc2n3-c2ccccc2)cc1. The minimum absolute atomic E-state index is 0.631. The summed E-state index contributed by atoms with van der Waals surface area (Å²) in [6.07, 6.45) is 0. The zero-order valence-corrected chi connectivity index (χ0v) is 35.5. The maximum Gasteiger partial charge on any atom is 0.0732 e. The van der Waals surface area contributed by atoms with Crippen molar-refractivity contribution in [2.24, 2.45) is 0 Å². The van der Waals surface area contributed by atoms with Crippen LogP contribution < -0.4 is 4.90 Å². The molecule has 12 aromatic rings. The number of hydrogen-bond acceptors (Lipinski definition) is 1. The monoisotopic (exact) mass is 824 g/mol. The van der Waals surface area contributed by atoms with Crippen molar-refractivity contribution >= 4 is 60.4 Å². The van der Waals surface area contributed by atoms with Gasteiger partial charge in [-0.3, -0.25) is 0 Å². The van der Waals surface area contributed by atoms with Crippen molar-refractivity contribution in [3.8, 4) is 39.1 Å². The molecule has 1 heterocycles. The van der Waals surface area contributed by atoms with Gasteiger partial charge >= 0.3 is 0 Å². The summed E-state index contributed by atoms with van der Waals surface area (Å²) in [5.74, 6) is 0. The maximum absolute atomic E-state index is 2.52. The first-order chi connectivity index (χ1) is 32.3. The van der Waals surface area contributed by atoms with E-state index in [1.54, 1.807) is 0 Å². The average molecular weight is 825 g/mol. The third-order valence-electron chi connectivity index (χ3n) is 14.4. The van der Waals surface area contributed by atoms with Crippen LogP contribution >= 0.6 is 0 Å². The fraction of sp³-hybridized carbons (Fsp3) is 0.0159. The lowest BCUT2D eigenvalue weighted by molar-refractivity contribution is 0.775. The normalized spacial score (nSPS) is 14.5. The predicted octanol–water partition coefficient (Wildman–Crippen LogP) is 16.6. The summed E-state index contributed by atoms with van der Waals surface area (Å²) in [7, 11) is 0.